The van der Waals surface area contributed by atoms with Gasteiger partial charge in [-0.3, -0.25) is 4.57 Å². The van der Waals surface area contributed by atoms with Crippen molar-refractivity contribution in [2.45, 2.75) is 6.92 Å². The van der Waals surface area contributed by atoms with Crippen LogP contribution in [-0.4, -0.2) is 6.61 Å². The SMILES string of the molecule is CCO[PH](=O)c1cccc2ccccc12. The van der Waals surface area contributed by atoms with Gasteiger partial charge in [0.15, 0.2) is 0 Å². The van der Waals surface area contributed by atoms with Crippen molar-refractivity contribution in [2.24, 2.45) is 0 Å². The van der Waals surface area contributed by atoms with E-state index < -0.39 is 8.03 Å². The minimum atomic E-state index is -2.09. The third kappa shape index (κ3) is 2.11. The summed E-state index contributed by atoms with van der Waals surface area (Å²) in [6.07, 6.45) is 0. The Morgan fingerprint density at radius 2 is 1.87 bits per heavy atom. The largest absolute Gasteiger partial charge is 0.328 e. The van der Waals surface area contributed by atoms with Crippen molar-refractivity contribution in [2.75, 3.05) is 6.61 Å². The molecule has 0 heterocycles. The highest BCUT2D eigenvalue weighted by molar-refractivity contribution is 7.49. The second-order valence-electron chi connectivity index (χ2n) is 3.25. The molecule has 0 aliphatic carbocycles. The minimum Gasteiger partial charge on any atom is -0.328 e. The molecular formula is C12H13O2P. The monoisotopic (exact) mass is 220 g/mol. The lowest BCUT2D eigenvalue weighted by atomic mass is 10.1. The molecule has 15 heavy (non-hydrogen) atoms. The molecule has 0 saturated heterocycles. The predicted molar refractivity (Wildman–Crippen MR) is 64.2 cm³/mol. The molecule has 0 fully saturated rings. The van der Waals surface area contributed by atoms with Crippen molar-refractivity contribution < 1.29 is 9.09 Å². The van der Waals surface area contributed by atoms with Gasteiger partial charge in [0.2, 0.25) is 8.03 Å². The zero-order valence-electron chi connectivity index (χ0n) is 8.57. The van der Waals surface area contributed by atoms with E-state index in [0.29, 0.717) is 6.61 Å². The van der Waals surface area contributed by atoms with Crippen LogP contribution in [0.2, 0.25) is 0 Å². The van der Waals surface area contributed by atoms with E-state index in [9.17, 15) is 4.57 Å². The highest BCUT2D eigenvalue weighted by atomic mass is 31.1. The van der Waals surface area contributed by atoms with Crippen molar-refractivity contribution in [1.82, 2.24) is 0 Å². The number of hydrogen-bond acceptors (Lipinski definition) is 2. The second kappa shape index (κ2) is 4.61. The first-order chi connectivity index (χ1) is 7.33. The summed E-state index contributed by atoms with van der Waals surface area (Å²) in [6.45, 7) is 2.34. The van der Waals surface area contributed by atoms with Crippen LogP contribution in [0, 0.1) is 0 Å². The van der Waals surface area contributed by atoms with Crippen molar-refractivity contribution in [3.63, 3.8) is 0 Å². The van der Waals surface area contributed by atoms with E-state index in [0.717, 1.165) is 16.1 Å². The first kappa shape index (κ1) is 10.4. The van der Waals surface area contributed by atoms with E-state index >= 15 is 0 Å². The Balaban J connectivity index is 2.56. The maximum Gasteiger partial charge on any atom is 0.221 e. The molecule has 1 unspecified atom stereocenters. The molecule has 0 aliphatic heterocycles. The standard InChI is InChI=1S/C12H13O2P/c1-2-14-15(13)12-9-5-7-10-6-3-4-8-11(10)12/h3-9,15H,2H2,1H3. The quantitative estimate of drug-likeness (QED) is 0.743. The van der Waals surface area contributed by atoms with Gasteiger partial charge in [-0.15, -0.1) is 0 Å². The van der Waals surface area contributed by atoms with Crippen LogP contribution < -0.4 is 5.30 Å². The van der Waals surface area contributed by atoms with Crippen LogP contribution in [0.5, 0.6) is 0 Å². The maximum absolute atomic E-state index is 11.8. The van der Waals surface area contributed by atoms with E-state index in [2.05, 4.69) is 0 Å². The van der Waals surface area contributed by atoms with E-state index in [1.807, 2.05) is 49.4 Å². The molecular weight excluding hydrogens is 207 g/mol. The van der Waals surface area contributed by atoms with Crippen molar-refractivity contribution in [3.8, 4) is 0 Å². The molecule has 0 N–H and O–H groups in total. The zero-order chi connectivity index (χ0) is 10.7. The molecule has 0 aliphatic rings. The van der Waals surface area contributed by atoms with E-state index in [1.54, 1.807) is 0 Å². The van der Waals surface area contributed by atoms with Crippen LogP contribution in [0.25, 0.3) is 10.8 Å². The van der Waals surface area contributed by atoms with Crippen LogP contribution >= 0.6 is 8.03 Å². The number of fused-ring (bicyclic) bond motifs is 1. The highest BCUT2D eigenvalue weighted by Gasteiger charge is 2.06. The summed E-state index contributed by atoms with van der Waals surface area (Å²) in [4.78, 5) is 0. The van der Waals surface area contributed by atoms with E-state index in [-0.39, 0.29) is 0 Å². The summed E-state index contributed by atoms with van der Waals surface area (Å²) in [5.41, 5.74) is 0. The fourth-order valence-corrected chi connectivity index (χ4v) is 2.71. The van der Waals surface area contributed by atoms with Crippen molar-refractivity contribution in [3.05, 3.63) is 42.5 Å². The zero-order valence-corrected chi connectivity index (χ0v) is 9.57. The van der Waals surface area contributed by atoms with Gasteiger partial charge in [-0.2, -0.15) is 0 Å². The molecule has 2 aromatic carbocycles. The predicted octanol–water partition coefficient (Wildman–Crippen LogP) is 2.98. The van der Waals surface area contributed by atoms with Crippen LogP contribution in [0.3, 0.4) is 0 Å². The van der Waals surface area contributed by atoms with Crippen LogP contribution in [0.1, 0.15) is 6.92 Å². The Morgan fingerprint density at radius 3 is 2.67 bits per heavy atom. The first-order valence-electron chi connectivity index (χ1n) is 4.98. The van der Waals surface area contributed by atoms with Gasteiger partial charge in [0.1, 0.15) is 0 Å². The maximum atomic E-state index is 11.8. The van der Waals surface area contributed by atoms with Crippen LogP contribution in [0.4, 0.5) is 0 Å². The molecule has 3 heteroatoms. The number of hydrogen-bond donors (Lipinski definition) is 0. The van der Waals surface area contributed by atoms with Crippen LogP contribution in [0.15, 0.2) is 42.5 Å². The van der Waals surface area contributed by atoms with Gasteiger partial charge in [-0.05, 0) is 23.8 Å². The van der Waals surface area contributed by atoms with Gasteiger partial charge in [0.25, 0.3) is 0 Å². The third-order valence-corrected chi connectivity index (χ3v) is 3.71. The lowest BCUT2D eigenvalue weighted by molar-refractivity contribution is 0.357. The Labute approximate surface area is 89.7 Å². The lowest BCUT2D eigenvalue weighted by Crippen LogP contribution is -1.99. The third-order valence-electron chi connectivity index (χ3n) is 2.28. The Bertz CT molecular complexity index is 488. The fraction of sp³-hybridized carbons (Fsp3) is 0.167. The molecule has 2 nitrogen and oxygen atoms in total. The molecule has 0 aromatic heterocycles. The van der Waals surface area contributed by atoms with Gasteiger partial charge in [0.05, 0.1) is 6.61 Å². The summed E-state index contributed by atoms with van der Waals surface area (Å²) in [5.74, 6) is 0. The van der Waals surface area contributed by atoms with Crippen molar-refractivity contribution >= 4 is 24.1 Å². The van der Waals surface area contributed by atoms with Crippen LogP contribution in [-0.2, 0) is 9.09 Å². The van der Waals surface area contributed by atoms with Gasteiger partial charge in [-0.1, -0.05) is 36.4 Å². The van der Waals surface area contributed by atoms with Gasteiger partial charge >= 0.3 is 0 Å². The Hall–Kier alpha value is -1.11. The molecule has 0 bridgehead atoms. The topological polar surface area (TPSA) is 26.3 Å². The Kier molecular flexibility index (Phi) is 3.20. The molecule has 0 spiro atoms. The number of rotatable bonds is 3. The molecule has 0 saturated carbocycles. The first-order valence-corrected chi connectivity index (χ1v) is 6.29. The van der Waals surface area contributed by atoms with Gasteiger partial charge in [-0.25, -0.2) is 0 Å². The summed E-state index contributed by atoms with van der Waals surface area (Å²) >= 11 is 0. The van der Waals surface area contributed by atoms with E-state index in [1.165, 1.54) is 0 Å². The molecule has 0 radical (unpaired) electrons. The molecule has 0 amide bonds. The van der Waals surface area contributed by atoms with Gasteiger partial charge in [0, 0.05) is 5.30 Å². The second-order valence-corrected chi connectivity index (χ2v) is 4.65. The molecule has 2 aromatic rings. The average Bonchev–Trinajstić information content (AvgIpc) is 2.28. The normalized spacial score (nSPS) is 12.9. The molecule has 78 valence electrons. The van der Waals surface area contributed by atoms with E-state index in [4.69, 9.17) is 4.52 Å². The Morgan fingerprint density at radius 1 is 1.13 bits per heavy atom. The smallest absolute Gasteiger partial charge is 0.221 e. The summed E-state index contributed by atoms with van der Waals surface area (Å²) < 4.78 is 17.0. The fourth-order valence-electron chi connectivity index (χ4n) is 1.61. The summed E-state index contributed by atoms with van der Waals surface area (Å²) in [5, 5.41) is 2.95. The minimum absolute atomic E-state index is 0.487. The lowest BCUT2D eigenvalue weighted by Gasteiger charge is -2.05. The van der Waals surface area contributed by atoms with Gasteiger partial charge < -0.3 is 4.52 Å². The number of benzene rings is 2. The molecule has 1 atom stereocenters. The molecule has 2 rings (SSSR count). The summed E-state index contributed by atoms with van der Waals surface area (Å²) in [7, 11) is -2.09. The van der Waals surface area contributed by atoms with Crippen molar-refractivity contribution in [1.29, 1.82) is 0 Å². The highest BCUT2D eigenvalue weighted by Crippen LogP contribution is 2.26. The summed E-state index contributed by atoms with van der Waals surface area (Å²) in [6, 6.07) is 13.7. The average molecular weight is 220 g/mol.